The fourth-order valence-electron chi connectivity index (χ4n) is 2.54. The molecule has 0 aromatic carbocycles. The number of nitrogens with zero attached hydrogens (tertiary/aromatic N) is 3. The molecule has 0 spiro atoms. The molecule has 2 aromatic rings. The second kappa shape index (κ2) is 7.72. The predicted octanol–water partition coefficient (Wildman–Crippen LogP) is 0.922. The van der Waals surface area contributed by atoms with Gasteiger partial charge in [-0.15, -0.1) is 0 Å². The highest BCUT2D eigenvalue weighted by molar-refractivity contribution is 5.92. The number of esters is 1. The van der Waals surface area contributed by atoms with Crippen molar-refractivity contribution in [2.45, 2.75) is 0 Å². The Morgan fingerprint density at radius 1 is 1.07 bits per heavy atom. The quantitative estimate of drug-likeness (QED) is 0.426. The molecular formula is C16H15N3O8. The number of hydrogen-bond acceptors (Lipinski definition) is 8. The first-order chi connectivity index (χ1) is 13.0. The van der Waals surface area contributed by atoms with Gasteiger partial charge in [-0.3, -0.25) is 19.7 Å². The number of furan rings is 2. The summed E-state index contributed by atoms with van der Waals surface area (Å²) in [4.78, 5) is 48.8. The van der Waals surface area contributed by atoms with E-state index in [0.717, 1.165) is 12.1 Å². The van der Waals surface area contributed by atoms with Crippen molar-refractivity contribution < 1.29 is 32.9 Å². The van der Waals surface area contributed by atoms with Crippen molar-refractivity contribution in [1.29, 1.82) is 0 Å². The van der Waals surface area contributed by atoms with Gasteiger partial charge in [-0.05, 0) is 18.2 Å². The summed E-state index contributed by atoms with van der Waals surface area (Å²) in [6.07, 6.45) is 1.41. The summed E-state index contributed by atoms with van der Waals surface area (Å²) >= 11 is 0. The molecule has 11 heteroatoms. The molecule has 1 aliphatic rings. The number of carbonyl (C=O) groups is 3. The highest BCUT2D eigenvalue weighted by Gasteiger charge is 2.27. The SMILES string of the molecule is O=C(OCC(=O)N1CCN(C(=O)c2ccco2)CC1)c1ccc([N+](=O)[O-])o1. The van der Waals surface area contributed by atoms with Crippen molar-refractivity contribution in [3.05, 3.63) is 52.2 Å². The Kier molecular flexibility index (Phi) is 5.20. The van der Waals surface area contributed by atoms with E-state index in [-0.39, 0.29) is 30.5 Å². The zero-order valence-corrected chi connectivity index (χ0v) is 14.0. The van der Waals surface area contributed by atoms with E-state index in [1.165, 1.54) is 11.2 Å². The molecule has 0 bridgehead atoms. The van der Waals surface area contributed by atoms with Crippen molar-refractivity contribution in [2.75, 3.05) is 32.8 Å². The minimum Gasteiger partial charge on any atom is -0.459 e. The van der Waals surface area contributed by atoms with E-state index in [2.05, 4.69) is 0 Å². The number of piperazine rings is 1. The topological polar surface area (TPSA) is 136 Å². The molecule has 1 fully saturated rings. The molecule has 2 amide bonds. The van der Waals surface area contributed by atoms with Crippen LogP contribution in [0, 0.1) is 10.1 Å². The second-order valence-corrected chi connectivity index (χ2v) is 5.62. The van der Waals surface area contributed by atoms with E-state index in [1.807, 2.05) is 0 Å². The Bertz CT molecular complexity index is 849. The summed E-state index contributed by atoms with van der Waals surface area (Å²) in [6, 6.07) is 5.31. The van der Waals surface area contributed by atoms with Gasteiger partial charge in [-0.25, -0.2) is 4.79 Å². The minimum absolute atomic E-state index is 0.233. The summed E-state index contributed by atoms with van der Waals surface area (Å²) < 4.78 is 14.6. The van der Waals surface area contributed by atoms with Gasteiger partial charge >= 0.3 is 11.9 Å². The van der Waals surface area contributed by atoms with Crippen LogP contribution in [0.4, 0.5) is 5.88 Å². The Balaban J connectivity index is 1.46. The lowest BCUT2D eigenvalue weighted by Crippen LogP contribution is -2.51. The van der Waals surface area contributed by atoms with Gasteiger partial charge in [0.05, 0.1) is 12.3 Å². The molecule has 2 aromatic heterocycles. The van der Waals surface area contributed by atoms with Gasteiger partial charge in [0.25, 0.3) is 11.8 Å². The van der Waals surface area contributed by atoms with Gasteiger partial charge in [0.15, 0.2) is 12.4 Å². The van der Waals surface area contributed by atoms with E-state index in [4.69, 9.17) is 13.6 Å². The van der Waals surface area contributed by atoms with E-state index in [1.54, 1.807) is 17.0 Å². The maximum Gasteiger partial charge on any atom is 0.433 e. The third-order valence-electron chi connectivity index (χ3n) is 3.95. The second-order valence-electron chi connectivity index (χ2n) is 5.62. The highest BCUT2D eigenvalue weighted by Crippen LogP contribution is 2.16. The zero-order chi connectivity index (χ0) is 19.4. The van der Waals surface area contributed by atoms with Gasteiger partial charge in [0.2, 0.25) is 5.76 Å². The zero-order valence-electron chi connectivity index (χ0n) is 14.0. The first-order valence-corrected chi connectivity index (χ1v) is 7.97. The number of amides is 2. The fraction of sp³-hybridized carbons (Fsp3) is 0.312. The van der Waals surface area contributed by atoms with E-state index < -0.39 is 29.3 Å². The monoisotopic (exact) mass is 377 g/mol. The molecule has 0 saturated carbocycles. The summed E-state index contributed by atoms with van der Waals surface area (Å²) in [7, 11) is 0. The lowest BCUT2D eigenvalue weighted by molar-refractivity contribution is -0.402. The number of hydrogen-bond donors (Lipinski definition) is 0. The molecule has 11 nitrogen and oxygen atoms in total. The van der Waals surface area contributed by atoms with Crippen LogP contribution in [0.3, 0.4) is 0 Å². The molecule has 0 radical (unpaired) electrons. The van der Waals surface area contributed by atoms with Crippen LogP contribution < -0.4 is 0 Å². The standard InChI is InChI=1S/C16H15N3O8/c20-13(10-26-16(22)12-3-4-14(27-12)19(23)24)17-5-7-18(8-6-17)15(21)11-2-1-9-25-11/h1-4,9H,5-8,10H2. The number of carbonyl (C=O) groups excluding carboxylic acids is 3. The first kappa shape index (κ1) is 18.2. The van der Waals surface area contributed by atoms with E-state index >= 15 is 0 Å². The normalized spacial score (nSPS) is 14.1. The average Bonchev–Trinajstić information content (AvgIpc) is 3.37. The molecule has 1 aliphatic heterocycles. The van der Waals surface area contributed by atoms with Crippen molar-refractivity contribution in [3.8, 4) is 0 Å². The Hall–Kier alpha value is -3.63. The van der Waals surface area contributed by atoms with E-state index in [9.17, 15) is 24.5 Å². The lowest BCUT2D eigenvalue weighted by Gasteiger charge is -2.34. The maximum absolute atomic E-state index is 12.2. The van der Waals surface area contributed by atoms with Crippen molar-refractivity contribution in [3.63, 3.8) is 0 Å². The Labute approximate surface area is 152 Å². The van der Waals surface area contributed by atoms with Crippen LogP contribution in [0.2, 0.25) is 0 Å². The maximum atomic E-state index is 12.2. The first-order valence-electron chi connectivity index (χ1n) is 7.97. The van der Waals surface area contributed by atoms with Crippen LogP contribution in [0.5, 0.6) is 0 Å². The Morgan fingerprint density at radius 3 is 2.37 bits per heavy atom. The molecule has 0 unspecified atom stereocenters. The van der Waals surface area contributed by atoms with Crippen LogP contribution >= 0.6 is 0 Å². The number of nitro groups is 1. The van der Waals surface area contributed by atoms with Gasteiger partial charge in [0.1, 0.15) is 4.92 Å². The van der Waals surface area contributed by atoms with Crippen LogP contribution in [-0.4, -0.2) is 65.3 Å². The third-order valence-corrected chi connectivity index (χ3v) is 3.95. The van der Waals surface area contributed by atoms with Gasteiger partial charge in [0, 0.05) is 26.2 Å². The van der Waals surface area contributed by atoms with Crippen LogP contribution in [0.1, 0.15) is 21.1 Å². The smallest absolute Gasteiger partial charge is 0.433 e. The summed E-state index contributed by atoms with van der Waals surface area (Å²) in [6.45, 7) is 0.691. The largest absolute Gasteiger partial charge is 0.459 e. The Morgan fingerprint density at radius 2 is 1.78 bits per heavy atom. The molecule has 27 heavy (non-hydrogen) atoms. The van der Waals surface area contributed by atoms with Gasteiger partial charge in [-0.1, -0.05) is 0 Å². The van der Waals surface area contributed by atoms with Crippen LogP contribution in [0.25, 0.3) is 0 Å². The summed E-state index contributed by atoms with van der Waals surface area (Å²) in [5.74, 6) is -2.37. The molecule has 0 N–H and O–H groups in total. The van der Waals surface area contributed by atoms with E-state index in [0.29, 0.717) is 13.1 Å². The highest BCUT2D eigenvalue weighted by atomic mass is 16.7. The lowest BCUT2D eigenvalue weighted by atomic mass is 10.3. The van der Waals surface area contributed by atoms with Gasteiger partial charge < -0.3 is 23.4 Å². The fourth-order valence-corrected chi connectivity index (χ4v) is 2.54. The molecule has 3 heterocycles. The van der Waals surface area contributed by atoms with Gasteiger partial charge in [-0.2, -0.15) is 0 Å². The van der Waals surface area contributed by atoms with Crippen molar-refractivity contribution in [2.24, 2.45) is 0 Å². The molecular weight excluding hydrogens is 362 g/mol. The van der Waals surface area contributed by atoms with Crippen LogP contribution in [-0.2, 0) is 9.53 Å². The predicted molar refractivity (Wildman–Crippen MR) is 86.8 cm³/mol. The molecule has 3 rings (SSSR count). The van der Waals surface area contributed by atoms with Crippen LogP contribution in [0.15, 0.2) is 39.4 Å². The number of ether oxygens (including phenoxy) is 1. The average molecular weight is 377 g/mol. The third kappa shape index (κ3) is 4.14. The molecule has 0 aliphatic carbocycles. The van der Waals surface area contributed by atoms with Crippen molar-refractivity contribution in [1.82, 2.24) is 9.80 Å². The summed E-state index contributed by atoms with van der Waals surface area (Å²) in [5, 5.41) is 10.5. The molecule has 1 saturated heterocycles. The molecule has 142 valence electrons. The van der Waals surface area contributed by atoms with Crippen molar-refractivity contribution >= 4 is 23.7 Å². The number of rotatable bonds is 5. The minimum atomic E-state index is -0.969. The molecule has 0 atom stereocenters. The summed E-state index contributed by atoms with van der Waals surface area (Å²) in [5.41, 5.74) is 0.